The van der Waals surface area contributed by atoms with Gasteiger partial charge < -0.3 is 14.8 Å². The molecule has 2 aromatic rings. The number of ether oxygens (including phenoxy) is 2. The van der Waals surface area contributed by atoms with Crippen LogP contribution in [-0.2, 0) is 20.0 Å². The number of aromatic nitrogens is 3. The zero-order valence-corrected chi connectivity index (χ0v) is 12.1. The summed E-state index contributed by atoms with van der Waals surface area (Å²) in [5, 5.41) is 7.60. The Labute approximate surface area is 118 Å². The van der Waals surface area contributed by atoms with Gasteiger partial charge in [-0.25, -0.2) is 4.98 Å². The number of nitrogens with zero attached hydrogens (tertiary/aromatic N) is 3. The van der Waals surface area contributed by atoms with Gasteiger partial charge in [0.2, 0.25) is 0 Å². The van der Waals surface area contributed by atoms with Crippen molar-refractivity contribution in [2.75, 3.05) is 20.8 Å². The third-order valence-electron chi connectivity index (χ3n) is 2.98. The van der Waals surface area contributed by atoms with E-state index < -0.39 is 0 Å². The van der Waals surface area contributed by atoms with E-state index in [2.05, 4.69) is 15.4 Å². The monoisotopic (exact) mass is 276 g/mol. The Morgan fingerprint density at radius 1 is 1.25 bits per heavy atom. The van der Waals surface area contributed by atoms with Gasteiger partial charge in [0.1, 0.15) is 17.8 Å². The SMILES string of the molecule is COc1ccc(CNCCc2ncn(C)n2)c(OC)c1. The summed E-state index contributed by atoms with van der Waals surface area (Å²) in [5.41, 5.74) is 1.10. The van der Waals surface area contributed by atoms with Crippen molar-refractivity contribution in [2.24, 2.45) is 7.05 Å². The van der Waals surface area contributed by atoms with Gasteiger partial charge in [0.05, 0.1) is 14.2 Å². The van der Waals surface area contributed by atoms with Crippen LogP contribution in [0.2, 0.25) is 0 Å². The van der Waals surface area contributed by atoms with Crippen LogP contribution in [0.5, 0.6) is 11.5 Å². The van der Waals surface area contributed by atoms with Crippen molar-refractivity contribution in [3.05, 3.63) is 35.9 Å². The summed E-state index contributed by atoms with van der Waals surface area (Å²) in [6.45, 7) is 1.55. The molecule has 0 aliphatic carbocycles. The smallest absolute Gasteiger partial charge is 0.151 e. The van der Waals surface area contributed by atoms with Crippen molar-refractivity contribution in [1.29, 1.82) is 0 Å². The van der Waals surface area contributed by atoms with Crippen LogP contribution < -0.4 is 14.8 Å². The lowest BCUT2D eigenvalue weighted by Gasteiger charge is -2.10. The maximum atomic E-state index is 5.36. The third kappa shape index (κ3) is 3.71. The molecular weight excluding hydrogens is 256 g/mol. The molecular formula is C14H20N4O2. The topological polar surface area (TPSA) is 61.2 Å². The molecule has 0 aliphatic rings. The van der Waals surface area contributed by atoms with E-state index in [4.69, 9.17) is 9.47 Å². The van der Waals surface area contributed by atoms with Gasteiger partial charge in [-0.2, -0.15) is 5.10 Å². The number of benzene rings is 1. The fraction of sp³-hybridized carbons (Fsp3) is 0.429. The van der Waals surface area contributed by atoms with E-state index in [1.54, 1.807) is 25.2 Å². The van der Waals surface area contributed by atoms with Crippen LogP contribution in [0.25, 0.3) is 0 Å². The van der Waals surface area contributed by atoms with E-state index in [-0.39, 0.29) is 0 Å². The summed E-state index contributed by atoms with van der Waals surface area (Å²) in [6, 6.07) is 5.82. The van der Waals surface area contributed by atoms with Crippen LogP contribution in [0.3, 0.4) is 0 Å². The normalized spacial score (nSPS) is 10.6. The molecule has 0 radical (unpaired) electrons. The molecule has 0 atom stereocenters. The number of aryl methyl sites for hydroxylation is 1. The van der Waals surface area contributed by atoms with Crippen LogP contribution in [0.15, 0.2) is 24.5 Å². The van der Waals surface area contributed by atoms with Crippen molar-refractivity contribution in [3.8, 4) is 11.5 Å². The minimum absolute atomic E-state index is 0.736. The molecule has 6 nitrogen and oxygen atoms in total. The van der Waals surface area contributed by atoms with Crippen LogP contribution in [0.1, 0.15) is 11.4 Å². The van der Waals surface area contributed by atoms with Gasteiger partial charge in [-0.15, -0.1) is 0 Å². The average molecular weight is 276 g/mol. The zero-order valence-electron chi connectivity index (χ0n) is 12.1. The van der Waals surface area contributed by atoms with Gasteiger partial charge in [-0.05, 0) is 6.07 Å². The van der Waals surface area contributed by atoms with Gasteiger partial charge in [-0.1, -0.05) is 6.07 Å². The maximum absolute atomic E-state index is 5.36. The number of hydrogen-bond donors (Lipinski definition) is 1. The molecule has 0 spiro atoms. The first-order valence-electron chi connectivity index (χ1n) is 6.49. The van der Waals surface area contributed by atoms with Gasteiger partial charge >= 0.3 is 0 Å². The van der Waals surface area contributed by atoms with Crippen molar-refractivity contribution in [3.63, 3.8) is 0 Å². The lowest BCUT2D eigenvalue weighted by atomic mass is 10.2. The van der Waals surface area contributed by atoms with Gasteiger partial charge in [0.15, 0.2) is 5.82 Å². The summed E-state index contributed by atoms with van der Waals surface area (Å²) in [6.07, 6.45) is 2.52. The Kier molecular flexibility index (Phi) is 4.95. The molecule has 6 heteroatoms. The maximum Gasteiger partial charge on any atom is 0.151 e. The minimum atomic E-state index is 0.736. The third-order valence-corrected chi connectivity index (χ3v) is 2.98. The van der Waals surface area contributed by atoms with Crippen molar-refractivity contribution >= 4 is 0 Å². The molecule has 2 rings (SSSR count). The highest BCUT2D eigenvalue weighted by molar-refractivity contribution is 5.40. The van der Waals surface area contributed by atoms with Crippen molar-refractivity contribution in [1.82, 2.24) is 20.1 Å². The van der Waals surface area contributed by atoms with E-state index in [1.807, 2.05) is 25.2 Å². The molecule has 0 saturated heterocycles. The summed E-state index contributed by atoms with van der Waals surface area (Å²) in [7, 11) is 5.18. The second kappa shape index (κ2) is 6.91. The second-order valence-electron chi connectivity index (χ2n) is 4.44. The molecule has 20 heavy (non-hydrogen) atoms. The molecule has 0 aliphatic heterocycles. The molecule has 0 amide bonds. The van der Waals surface area contributed by atoms with E-state index in [1.165, 1.54) is 0 Å². The second-order valence-corrected chi connectivity index (χ2v) is 4.44. The van der Waals surface area contributed by atoms with E-state index in [0.29, 0.717) is 0 Å². The highest BCUT2D eigenvalue weighted by atomic mass is 16.5. The van der Waals surface area contributed by atoms with Crippen molar-refractivity contribution < 1.29 is 9.47 Å². The Balaban J connectivity index is 1.84. The lowest BCUT2D eigenvalue weighted by molar-refractivity contribution is 0.390. The zero-order chi connectivity index (χ0) is 14.4. The predicted octanol–water partition coefficient (Wildman–Crippen LogP) is 1.16. The summed E-state index contributed by atoms with van der Waals surface area (Å²) in [4.78, 5) is 4.19. The van der Waals surface area contributed by atoms with E-state index >= 15 is 0 Å². The van der Waals surface area contributed by atoms with Gasteiger partial charge in [0, 0.05) is 38.2 Å². The highest BCUT2D eigenvalue weighted by Gasteiger charge is 2.05. The molecule has 0 unspecified atom stereocenters. The van der Waals surface area contributed by atoms with Gasteiger partial charge in [0.25, 0.3) is 0 Å². The molecule has 108 valence electrons. The number of hydrogen-bond acceptors (Lipinski definition) is 5. The number of methoxy groups -OCH3 is 2. The van der Waals surface area contributed by atoms with Gasteiger partial charge in [-0.3, -0.25) is 4.68 Å². The fourth-order valence-electron chi connectivity index (χ4n) is 1.92. The van der Waals surface area contributed by atoms with Crippen LogP contribution >= 0.6 is 0 Å². The first kappa shape index (κ1) is 14.3. The summed E-state index contributed by atoms with van der Waals surface area (Å²) >= 11 is 0. The van der Waals surface area contributed by atoms with Crippen LogP contribution in [-0.4, -0.2) is 35.5 Å². The highest BCUT2D eigenvalue weighted by Crippen LogP contribution is 2.24. The molecule has 1 aromatic carbocycles. The quantitative estimate of drug-likeness (QED) is 0.769. The lowest BCUT2D eigenvalue weighted by Crippen LogP contribution is -2.17. The first-order valence-corrected chi connectivity index (χ1v) is 6.49. The Morgan fingerprint density at radius 2 is 2.10 bits per heavy atom. The first-order chi connectivity index (χ1) is 9.72. The number of nitrogens with one attached hydrogen (secondary N) is 1. The Hall–Kier alpha value is -2.08. The van der Waals surface area contributed by atoms with Crippen molar-refractivity contribution in [2.45, 2.75) is 13.0 Å². The fourth-order valence-corrected chi connectivity index (χ4v) is 1.92. The molecule has 0 bridgehead atoms. The molecule has 1 N–H and O–H groups in total. The summed E-state index contributed by atoms with van der Waals surface area (Å²) < 4.78 is 12.2. The Morgan fingerprint density at radius 3 is 2.75 bits per heavy atom. The Bertz CT molecular complexity index is 554. The molecule has 1 aromatic heterocycles. The largest absolute Gasteiger partial charge is 0.497 e. The minimum Gasteiger partial charge on any atom is -0.497 e. The molecule has 1 heterocycles. The average Bonchev–Trinajstić information content (AvgIpc) is 2.89. The van der Waals surface area contributed by atoms with Crippen LogP contribution in [0.4, 0.5) is 0 Å². The number of rotatable bonds is 7. The van der Waals surface area contributed by atoms with E-state index in [0.717, 1.165) is 42.4 Å². The van der Waals surface area contributed by atoms with E-state index in [9.17, 15) is 0 Å². The molecule has 0 fully saturated rings. The molecule has 0 saturated carbocycles. The predicted molar refractivity (Wildman–Crippen MR) is 76.0 cm³/mol. The summed E-state index contributed by atoms with van der Waals surface area (Å²) in [5.74, 6) is 2.47. The standard InChI is InChI=1S/C14H20N4O2/c1-18-10-16-14(17-18)6-7-15-9-11-4-5-12(19-2)8-13(11)20-3/h4-5,8,10,15H,6-7,9H2,1-3H3. The van der Waals surface area contributed by atoms with Crippen LogP contribution in [0, 0.1) is 0 Å².